The lowest BCUT2D eigenvalue weighted by atomic mass is 9.82. The van der Waals surface area contributed by atoms with Gasteiger partial charge in [0.25, 0.3) is 0 Å². The minimum absolute atomic E-state index is 2.11. The number of phosphoric ester groups is 1. The SMILES string of the molecule is O=P(O)(O)OCCCC(F)(F)C(F)(F)C(F)(F)C(F)(F)C(F)(F)C(F)(F)C(F)(F)C(F)(F)C(F)(F)C(F)(F)C(F)(F)C(F)(F)C(F)(F)C(F)(F)C(F)(F)C(F)(F)C(F)(F)C(F)(F)C(F)(F)F. The Morgan fingerprint density at radius 2 is 0.424 bits per heavy atom. The molecule has 44 heteroatoms. The van der Waals surface area contributed by atoms with E-state index in [1.54, 1.807) is 0 Å². The Morgan fingerprint density at radius 3 is 0.576 bits per heavy atom. The predicted molar refractivity (Wildman–Crippen MR) is 122 cm³/mol. The third-order valence-electron chi connectivity index (χ3n) is 8.02. The highest BCUT2D eigenvalue weighted by molar-refractivity contribution is 7.46. The van der Waals surface area contributed by atoms with Crippen LogP contribution in [0.25, 0.3) is 0 Å². The van der Waals surface area contributed by atoms with Crippen LogP contribution in [0.3, 0.4) is 0 Å². The van der Waals surface area contributed by atoms with Crippen molar-refractivity contribution in [2.75, 3.05) is 6.61 Å². The number of rotatable bonds is 22. The minimum Gasteiger partial charge on any atom is -0.303 e. The fraction of sp³-hybridized carbons (Fsp3) is 1.00. The van der Waals surface area contributed by atoms with Gasteiger partial charge in [-0.15, -0.1) is 0 Å². The first kappa shape index (κ1) is 63.4. The molecular formula is C22H8F39O4P. The van der Waals surface area contributed by atoms with E-state index in [1.165, 1.54) is 0 Å². The van der Waals surface area contributed by atoms with Crippen LogP contribution in [0.2, 0.25) is 0 Å². The summed E-state index contributed by atoms with van der Waals surface area (Å²) < 4.78 is 547. The Labute approximate surface area is 331 Å². The molecule has 0 saturated heterocycles. The molecule has 4 nitrogen and oxygen atoms in total. The maximum atomic E-state index is 14.1. The number of hydrogen-bond acceptors (Lipinski definition) is 2. The molecule has 0 aliphatic heterocycles. The molecule has 0 aromatic carbocycles. The quantitative estimate of drug-likeness (QED) is 0.0644. The first-order valence-corrected chi connectivity index (χ1v) is 15.8. The lowest BCUT2D eigenvalue weighted by Crippen LogP contribution is -2.80. The Hall–Kier alpha value is -2.62. The third-order valence-corrected chi connectivity index (χ3v) is 8.54. The van der Waals surface area contributed by atoms with Gasteiger partial charge in [-0.05, 0) is 6.42 Å². The second-order valence-electron chi connectivity index (χ2n) is 12.4. The van der Waals surface area contributed by atoms with Gasteiger partial charge < -0.3 is 9.79 Å². The normalized spacial score (nSPS) is 17.2. The van der Waals surface area contributed by atoms with E-state index >= 15 is 0 Å². The zero-order valence-electron chi connectivity index (χ0n) is 28.5. The summed E-state index contributed by atoms with van der Waals surface area (Å²) in [6.45, 7) is -2.11. The summed E-state index contributed by atoms with van der Waals surface area (Å²) in [5, 5.41) is 0. The van der Waals surface area contributed by atoms with E-state index < -0.39 is 140 Å². The molecule has 2 N–H and O–H groups in total. The average Bonchev–Trinajstić information content (AvgIpc) is 3.07. The fourth-order valence-corrected chi connectivity index (χ4v) is 4.37. The smallest absolute Gasteiger partial charge is 0.303 e. The molecule has 0 aromatic rings. The summed E-state index contributed by atoms with van der Waals surface area (Å²) >= 11 is 0. The van der Waals surface area contributed by atoms with E-state index in [0.717, 1.165) is 0 Å². The molecular weight excluding hydrogens is 1100 g/mol. The summed E-state index contributed by atoms with van der Waals surface area (Å²) in [4.78, 5) is 16.4. The van der Waals surface area contributed by atoms with Crippen LogP contribution in [0, 0.1) is 0 Å². The molecule has 0 spiro atoms. The maximum Gasteiger partial charge on any atom is 0.469 e. The Morgan fingerprint density at radius 1 is 0.273 bits per heavy atom. The first-order valence-electron chi connectivity index (χ1n) is 14.3. The van der Waals surface area contributed by atoms with Crippen LogP contribution in [0.4, 0.5) is 171 Å². The van der Waals surface area contributed by atoms with Crippen molar-refractivity contribution < 1.29 is 190 Å². The molecule has 0 fully saturated rings. The van der Waals surface area contributed by atoms with Crippen molar-refractivity contribution in [3.8, 4) is 0 Å². The van der Waals surface area contributed by atoms with Crippen LogP contribution in [-0.4, -0.2) is 129 Å². The van der Waals surface area contributed by atoms with Crippen molar-refractivity contribution in [2.24, 2.45) is 0 Å². The van der Waals surface area contributed by atoms with Gasteiger partial charge in [0.15, 0.2) is 0 Å². The van der Waals surface area contributed by atoms with Crippen molar-refractivity contribution in [1.82, 2.24) is 0 Å². The van der Waals surface area contributed by atoms with Gasteiger partial charge in [0.2, 0.25) is 0 Å². The van der Waals surface area contributed by atoms with E-state index in [1.807, 2.05) is 0 Å². The summed E-state index contributed by atoms with van der Waals surface area (Å²) in [6, 6.07) is 0. The van der Waals surface area contributed by atoms with Gasteiger partial charge in [-0.25, -0.2) is 4.57 Å². The van der Waals surface area contributed by atoms with Crippen LogP contribution in [0.15, 0.2) is 0 Å². The molecule has 0 radical (unpaired) electrons. The lowest BCUT2D eigenvalue weighted by molar-refractivity contribution is -0.494. The Balaban J connectivity index is 7.78. The summed E-state index contributed by atoms with van der Waals surface area (Å²) in [5.74, 6) is -178. The molecule has 0 saturated carbocycles. The van der Waals surface area contributed by atoms with Crippen molar-refractivity contribution >= 4 is 7.82 Å². The summed E-state index contributed by atoms with van der Waals surface area (Å²) in [6.07, 6.45) is -14.2. The third kappa shape index (κ3) is 7.89. The standard InChI is InChI=1S/C22H8F39O4P/c23-4(24,2-1-3-65-66(62,63)64)5(25,26)6(27,28)7(29,30)8(31,32)9(33,34)10(35,36)11(37,38)12(39,40)13(41,42)14(43,44)15(45,46)16(47,48)17(49,50)18(51,52)19(53,54)20(55,56)21(57,58)22(59,60)61/h1-3H2,(H2,62,63,64). The van der Waals surface area contributed by atoms with Crippen molar-refractivity contribution in [1.29, 1.82) is 0 Å². The van der Waals surface area contributed by atoms with Gasteiger partial charge >= 0.3 is 121 Å². The molecule has 398 valence electrons. The van der Waals surface area contributed by atoms with E-state index in [2.05, 4.69) is 4.52 Å². The van der Waals surface area contributed by atoms with E-state index in [4.69, 9.17) is 9.79 Å². The molecule has 0 aliphatic rings. The highest BCUT2D eigenvalue weighted by Crippen LogP contribution is 2.71. The molecule has 0 heterocycles. The van der Waals surface area contributed by atoms with E-state index in [0.29, 0.717) is 0 Å². The van der Waals surface area contributed by atoms with E-state index in [-0.39, 0.29) is 0 Å². The van der Waals surface area contributed by atoms with Crippen molar-refractivity contribution in [3.63, 3.8) is 0 Å². The number of halogens is 39. The largest absolute Gasteiger partial charge is 0.469 e. The van der Waals surface area contributed by atoms with Gasteiger partial charge in [-0.3, -0.25) is 4.52 Å². The molecule has 0 amide bonds. The molecule has 0 unspecified atom stereocenters. The molecule has 0 aliphatic carbocycles. The van der Waals surface area contributed by atoms with Crippen molar-refractivity contribution in [2.45, 2.75) is 126 Å². The topological polar surface area (TPSA) is 66.8 Å². The van der Waals surface area contributed by atoms with Crippen LogP contribution < -0.4 is 0 Å². The highest BCUT2D eigenvalue weighted by Gasteiger charge is 3.03. The number of hydrogen-bond donors (Lipinski definition) is 2. The van der Waals surface area contributed by atoms with Gasteiger partial charge in [0.1, 0.15) is 0 Å². The average molecular weight is 1110 g/mol. The summed E-state index contributed by atoms with van der Waals surface area (Å²) in [7, 11) is -5.88. The second kappa shape index (κ2) is 16.0. The summed E-state index contributed by atoms with van der Waals surface area (Å²) in [5.41, 5.74) is 0. The molecule has 0 bridgehead atoms. The van der Waals surface area contributed by atoms with Gasteiger partial charge in [0, 0.05) is 6.42 Å². The van der Waals surface area contributed by atoms with Gasteiger partial charge in [-0.2, -0.15) is 171 Å². The molecule has 66 heavy (non-hydrogen) atoms. The highest BCUT2D eigenvalue weighted by atomic mass is 31.2. The second-order valence-corrected chi connectivity index (χ2v) is 13.6. The lowest BCUT2D eigenvalue weighted by Gasteiger charge is -2.47. The van der Waals surface area contributed by atoms with Crippen molar-refractivity contribution in [3.05, 3.63) is 0 Å². The van der Waals surface area contributed by atoms with E-state index in [9.17, 15) is 176 Å². The molecule has 0 rings (SSSR count). The number of phosphoric acid groups is 1. The Kier molecular flexibility index (Phi) is 15.3. The number of alkyl halides is 39. The van der Waals surface area contributed by atoms with Crippen LogP contribution in [0.5, 0.6) is 0 Å². The van der Waals surface area contributed by atoms with Crippen LogP contribution >= 0.6 is 7.82 Å². The van der Waals surface area contributed by atoms with Crippen LogP contribution in [0.1, 0.15) is 12.8 Å². The monoisotopic (exact) mass is 1110 g/mol. The molecule has 0 atom stereocenters. The van der Waals surface area contributed by atoms with Gasteiger partial charge in [-0.1, -0.05) is 0 Å². The Bertz CT molecular complexity index is 1790. The fourth-order valence-electron chi connectivity index (χ4n) is 4.00. The first-order chi connectivity index (χ1) is 27.7. The van der Waals surface area contributed by atoms with Gasteiger partial charge in [0.05, 0.1) is 6.61 Å². The maximum absolute atomic E-state index is 14.1. The zero-order valence-corrected chi connectivity index (χ0v) is 29.4. The minimum atomic E-state index is -10.6. The predicted octanol–water partition coefficient (Wildman–Crippen LogP) is 12.9. The molecule has 0 aromatic heterocycles. The zero-order chi connectivity index (χ0) is 54.8. The van der Waals surface area contributed by atoms with Crippen LogP contribution in [-0.2, 0) is 9.09 Å².